The van der Waals surface area contributed by atoms with Crippen molar-refractivity contribution in [3.8, 4) is 5.75 Å². The van der Waals surface area contributed by atoms with Crippen LogP contribution >= 0.6 is 0 Å². The number of hydrogen-bond donors (Lipinski definition) is 0. The number of nitrogens with zero attached hydrogens (tertiary/aromatic N) is 1. The van der Waals surface area contributed by atoms with Crippen molar-refractivity contribution in [2.24, 2.45) is 11.8 Å². The smallest absolute Gasteiger partial charge is 0.338 e. The van der Waals surface area contributed by atoms with Crippen LogP contribution in [0.1, 0.15) is 52.8 Å². The lowest BCUT2D eigenvalue weighted by Gasteiger charge is -2.41. The van der Waals surface area contributed by atoms with E-state index in [1.54, 1.807) is 0 Å². The predicted octanol–water partition coefficient (Wildman–Crippen LogP) is 2.68. The fraction of sp³-hybridized carbons (Fsp3) is 0.571. The molecule has 0 aromatic heterocycles. The lowest BCUT2D eigenvalue weighted by Crippen LogP contribution is -2.46. The first-order chi connectivity index (χ1) is 13.5. The zero-order valence-electron chi connectivity index (χ0n) is 16.4. The molecule has 7 nitrogen and oxygen atoms in total. The van der Waals surface area contributed by atoms with Crippen molar-refractivity contribution < 1.29 is 28.6 Å². The van der Waals surface area contributed by atoms with Gasteiger partial charge in [-0.2, -0.15) is 0 Å². The highest BCUT2D eigenvalue weighted by Gasteiger charge is 2.33. The van der Waals surface area contributed by atoms with Crippen LogP contribution in [-0.4, -0.2) is 56.7 Å². The van der Waals surface area contributed by atoms with E-state index in [-0.39, 0.29) is 29.4 Å². The molecular weight excluding hydrogens is 362 g/mol. The van der Waals surface area contributed by atoms with Crippen LogP contribution in [0, 0.1) is 11.8 Å². The second-order valence-corrected chi connectivity index (χ2v) is 7.45. The molecule has 2 aliphatic rings. The van der Waals surface area contributed by atoms with Crippen LogP contribution in [0.4, 0.5) is 0 Å². The third kappa shape index (κ3) is 4.64. The van der Waals surface area contributed by atoms with E-state index in [9.17, 15) is 14.4 Å². The number of carbonyl (C=O) groups is 3. The van der Waals surface area contributed by atoms with Crippen molar-refractivity contribution in [3.05, 3.63) is 29.3 Å². The normalized spacial score (nSPS) is 21.4. The summed E-state index contributed by atoms with van der Waals surface area (Å²) in [5, 5.41) is 0. The first-order valence-corrected chi connectivity index (χ1v) is 9.74. The summed E-state index contributed by atoms with van der Waals surface area (Å²) >= 11 is 0. The molecule has 1 heterocycles. The average molecular weight is 389 g/mol. The number of esters is 2. The highest BCUT2D eigenvalue weighted by atomic mass is 16.5. The molecule has 0 radical (unpaired) electrons. The summed E-state index contributed by atoms with van der Waals surface area (Å²) in [5.74, 6) is 0.331. The van der Waals surface area contributed by atoms with Gasteiger partial charge >= 0.3 is 11.9 Å². The second kappa shape index (κ2) is 9.08. The summed E-state index contributed by atoms with van der Waals surface area (Å²) in [6.07, 6.45) is 6.08. The molecule has 0 N–H and O–H groups in total. The summed E-state index contributed by atoms with van der Waals surface area (Å²) in [6.45, 7) is 1.42. The first kappa shape index (κ1) is 20.2. The molecule has 0 spiro atoms. The van der Waals surface area contributed by atoms with Gasteiger partial charge in [-0.1, -0.05) is 19.3 Å². The van der Waals surface area contributed by atoms with Crippen LogP contribution in [0.25, 0.3) is 0 Å². The number of rotatable bonds is 5. The Hall–Kier alpha value is -2.57. The molecule has 28 heavy (non-hydrogen) atoms. The van der Waals surface area contributed by atoms with Gasteiger partial charge in [0.1, 0.15) is 5.75 Å². The van der Waals surface area contributed by atoms with E-state index < -0.39 is 11.9 Å². The molecule has 152 valence electrons. The van der Waals surface area contributed by atoms with Gasteiger partial charge in [0.2, 0.25) is 0 Å². The Balaban J connectivity index is 1.65. The van der Waals surface area contributed by atoms with Gasteiger partial charge in [0.05, 0.1) is 25.3 Å². The zero-order chi connectivity index (χ0) is 20.1. The Morgan fingerprint density at radius 3 is 2.14 bits per heavy atom. The van der Waals surface area contributed by atoms with Crippen molar-refractivity contribution in [1.82, 2.24) is 4.90 Å². The molecule has 1 saturated carbocycles. The molecule has 1 aromatic rings. The van der Waals surface area contributed by atoms with Crippen molar-refractivity contribution in [3.63, 3.8) is 0 Å². The highest BCUT2D eigenvalue weighted by molar-refractivity contribution is 5.96. The Morgan fingerprint density at radius 2 is 1.54 bits per heavy atom. The molecule has 1 aliphatic carbocycles. The number of hydrogen-bond acceptors (Lipinski definition) is 6. The number of amides is 1. The van der Waals surface area contributed by atoms with Crippen LogP contribution in [-0.2, 0) is 14.3 Å². The number of likely N-dealkylation sites (tertiary alicyclic amines) is 1. The van der Waals surface area contributed by atoms with Crippen molar-refractivity contribution in [2.45, 2.75) is 32.1 Å². The largest absolute Gasteiger partial charge is 0.484 e. The standard InChI is InChI=1S/C21H27NO6/c1-26-20(24)16-9-17(21(25)27-2)11-18(10-16)28-13-19(23)22-8-7-14-5-3-4-6-15(14)12-22/h9-11,14-15H,3-8,12-13H2,1-2H3/t14-,15+/m0/s1. The van der Waals surface area contributed by atoms with E-state index in [0.29, 0.717) is 5.92 Å². The summed E-state index contributed by atoms with van der Waals surface area (Å²) < 4.78 is 15.0. The van der Waals surface area contributed by atoms with Crippen LogP contribution in [0.5, 0.6) is 5.75 Å². The van der Waals surface area contributed by atoms with Crippen molar-refractivity contribution >= 4 is 17.8 Å². The van der Waals surface area contributed by atoms with E-state index in [1.165, 1.54) is 58.1 Å². The van der Waals surface area contributed by atoms with Crippen LogP contribution in [0.2, 0.25) is 0 Å². The quantitative estimate of drug-likeness (QED) is 0.720. The second-order valence-electron chi connectivity index (χ2n) is 7.45. The SMILES string of the molecule is COC(=O)c1cc(OCC(=O)N2CC[C@@H]3CCCC[C@@H]3C2)cc(C(=O)OC)c1. The lowest BCUT2D eigenvalue weighted by molar-refractivity contribution is -0.136. The average Bonchev–Trinajstić information content (AvgIpc) is 2.75. The summed E-state index contributed by atoms with van der Waals surface area (Å²) in [7, 11) is 2.51. The van der Waals surface area contributed by atoms with Crippen LogP contribution < -0.4 is 4.74 Å². The van der Waals surface area contributed by atoms with E-state index in [0.717, 1.165) is 25.4 Å². The van der Waals surface area contributed by atoms with E-state index >= 15 is 0 Å². The van der Waals surface area contributed by atoms with Crippen molar-refractivity contribution in [2.75, 3.05) is 33.9 Å². The number of benzene rings is 1. The fourth-order valence-corrected chi connectivity index (χ4v) is 4.22. The molecule has 1 aromatic carbocycles. The van der Waals surface area contributed by atoms with Gasteiger partial charge in [-0.25, -0.2) is 9.59 Å². The molecule has 0 unspecified atom stereocenters. The molecular formula is C21H27NO6. The summed E-state index contributed by atoms with van der Waals surface area (Å²) in [6, 6.07) is 4.29. The lowest BCUT2D eigenvalue weighted by atomic mass is 9.75. The fourth-order valence-electron chi connectivity index (χ4n) is 4.22. The third-order valence-corrected chi connectivity index (χ3v) is 5.75. The van der Waals surface area contributed by atoms with E-state index in [1.807, 2.05) is 4.90 Å². The number of fused-ring (bicyclic) bond motifs is 1. The van der Waals surface area contributed by atoms with Gasteiger partial charge in [-0.3, -0.25) is 4.79 Å². The minimum Gasteiger partial charge on any atom is -0.484 e. The first-order valence-electron chi connectivity index (χ1n) is 9.74. The number of methoxy groups -OCH3 is 2. The predicted molar refractivity (Wildman–Crippen MR) is 101 cm³/mol. The molecule has 7 heteroatoms. The molecule has 2 fully saturated rings. The molecule has 1 amide bonds. The maximum absolute atomic E-state index is 12.6. The Morgan fingerprint density at radius 1 is 0.929 bits per heavy atom. The van der Waals surface area contributed by atoms with Gasteiger partial charge in [0.25, 0.3) is 5.91 Å². The summed E-state index contributed by atoms with van der Waals surface area (Å²) in [5.41, 5.74) is 0.326. The number of carbonyl (C=O) groups excluding carboxylic acids is 3. The maximum atomic E-state index is 12.6. The Labute approximate surface area is 164 Å². The molecule has 1 saturated heterocycles. The molecule has 3 rings (SSSR count). The molecule has 1 aliphatic heterocycles. The molecule has 0 bridgehead atoms. The number of piperidine rings is 1. The zero-order valence-corrected chi connectivity index (χ0v) is 16.4. The van der Waals surface area contributed by atoms with E-state index in [4.69, 9.17) is 14.2 Å². The Bertz CT molecular complexity index is 712. The minimum atomic E-state index is -0.596. The topological polar surface area (TPSA) is 82.1 Å². The van der Waals surface area contributed by atoms with Crippen LogP contribution in [0.15, 0.2) is 18.2 Å². The van der Waals surface area contributed by atoms with Gasteiger partial charge < -0.3 is 19.1 Å². The highest BCUT2D eigenvalue weighted by Crippen LogP contribution is 2.36. The third-order valence-electron chi connectivity index (χ3n) is 5.75. The van der Waals surface area contributed by atoms with E-state index in [2.05, 4.69) is 0 Å². The maximum Gasteiger partial charge on any atom is 0.338 e. The molecule has 2 atom stereocenters. The summed E-state index contributed by atoms with van der Waals surface area (Å²) in [4.78, 5) is 38.2. The minimum absolute atomic E-state index is 0.0767. The van der Waals surface area contributed by atoms with Crippen LogP contribution in [0.3, 0.4) is 0 Å². The van der Waals surface area contributed by atoms with Gasteiger partial charge in [-0.05, 0) is 42.9 Å². The van der Waals surface area contributed by atoms with Gasteiger partial charge in [-0.15, -0.1) is 0 Å². The van der Waals surface area contributed by atoms with Crippen molar-refractivity contribution in [1.29, 1.82) is 0 Å². The van der Waals surface area contributed by atoms with Gasteiger partial charge in [0.15, 0.2) is 6.61 Å². The monoisotopic (exact) mass is 389 g/mol. The van der Waals surface area contributed by atoms with Gasteiger partial charge in [0, 0.05) is 13.1 Å². The number of ether oxygens (including phenoxy) is 3. The Kier molecular flexibility index (Phi) is 6.54.